The minimum absolute atomic E-state index is 0.0133. The maximum atomic E-state index is 12.2. The van der Waals surface area contributed by atoms with E-state index in [-0.39, 0.29) is 11.3 Å². The zero-order chi connectivity index (χ0) is 20.9. The summed E-state index contributed by atoms with van der Waals surface area (Å²) in [6.45, 7) is 9.95. The number of hydrogen-bond acceptors (Lipinski definition) is 4. The molecule has 0 atom stereocenters. The number of rotatable bonds is 7. The fraction of sp³-hybridized carbons (Fsp3) is 0.348. The largest absolute Gasteiger partial charge is 0.351 e. The van der Waals surface area contributed by atoms with Crippen LogP contribution in [0, 0.1) is 0 Å². The van der Waals surface area contributed by atoms with Gasteiger partial charge in [-0.05, 0) is 23.5 Å². The number of aromatic nitrogens is 3. The molecule has 0 saturated heterocycles. The summed E-state index contributed by atoms with van der Waals surface area (Å²) in [6, 6.07) is 18.4. The van der Waals surface area contributed by atoms with Crippen LogP contribution in [0.25, 0.3) is 11.4 Å². The molecule has 0 aliphatic carbocycles. The predicted molar refractivity (Wildman–Crippen MR) is 119 cm³/mol. The molecule has 6 heteroatoms. The normalized spacial score (nSPS) is 11.4. The highest BCUT2D eigenvalue weighted by Gasteiger charge is 2.17. The van der Waals surface area contributed by atoms with Crippen LogP contribution in [0.15, 0.2) is 59.8 Å². The van der Waals surface area contributed by atoms with E-state index in [9.17, 15) is 4.79 Å². The number of amides is 1. The van der Waals surface area contributed by atoms with Crippen LogP contribution in [0.3, 0.4) is 0 Å². The lowest BCUT2D eigenvalue weighted by atomic mass is 9.87. The SMILES string of the molecule is CCn1c(SCC(=O)NCc2ccccc2)nnc1-c1ccc(C(C)(C)C)cc1. The Bertz CT molecular complexity index is 943. The molecular weight excluding hydrogens is 380 g/mol. The smallest absolute Gasteiger partial charge is 0.230 e. The van der Waals surface area contributed by atoms with Gasteiger partial charge in [0.15, 0.2) is 11.0 Å². The van der Waals surface area contributed by atoms with Gasteiger partial charge in [0.25, 0.3) is 0 Å². The molecule has 29 heavy (non-hydrogen) atoms. The van der Waals surface area contributed by atoms with Crippen LogP contribution < -0.4 is 5.32 Å². The molecule has 5 nitrogen and oxygen atoms in total. The first-order chi connectivity index (χ1) is 13.9. The lowest BCUT2D eigenvalue weighted by Crippen LogP contribution is -2.24. The third-order valence-electron chi connectivity index (χ3n) is 4.71. The van der Waals surface area contributed by atoms with E-state index >= 15 is 0 Å². The van der Waals surface area contributed by atoms with Crippen molar-refractivity contribution in [3.8, 4) is 11.4 Å². The van der Waals surface area contributed by atoms with E-state index in [2.05, 4.69) is 72.0 Å². The van der Waals surface area contributed by atoms with E-state index < -0.39 is 0 Å². The molecule has 0 radical (unpaired) electrons. The highest BCUT2D eigenvalue weighted by atomic mass is 32.2. The highest BCUT2D eigenvalue weighted by Crippen LogP contribution is 2.27. The molecule has 0 fully saturated rings. The molecule has 1 amide bonds. The summed E-state index contributed by atoms with van der Waals surface area (Å²) in [6.07, 6.45) is 0. The molecular formula is C23H28N4OS. The van der Waals surface area contributed by atoms with Gasteiger partial charge in [-0.25, -0.2) is 0 Å². The number of thioether (sulfide) groups is 1. The minimum atomic E-state index is -0.0133. The van der Waals surface area contributed by atoms with Crippen molar-refractivity contribution in [2.45, 2.75) is 51.4 Å². The van der Waals surface area contributed by atoms with Crippen LogP contribution in [-0.2, 0) is 23.3 Å². The van der Waals surface area contributed by atoms with E-state index in [0.717, 1.165) is 28.7 Å². The molecule has 1 heterocycles. The molecule has 0 spiro atoms. The predicted octanol–water partition coefficient (Wildman–Crippen LogP) is 4.67. The first-order valence-electron chi connectivity index (χ1n) is 9.86. The van der Waals surface area contributed by atoms with Gasteiger partial charge in [-0.15, -0.1) is 10.2 Å². The number of nitrogens with one attached hydrogen (secondary N) is 1. The molecule has 2 aromatic carbocycles. The van der Waals surface area contributed by atoms with Crippen molar-refractivity contribution in [2.24, 2.45) is 0 Å². The van der Waals surface area contributed by atoms with Crippen LogP contribution in [0.2, 0.25) is 0 Å². The highest BCUT2D eigenvalue weighted by molar-refractivity contribution is 7.99. The molecule has 3 rings (SSSR count). The minimum Gasteiger partial charge on any atom is -0.351 e. The second-order valence-electron chi connectivity index (χ2n) is 7.93. The zero-order valence-corrected chi connectivity index (χ0v) is 18.3. The Balaban J connectivity index is 1.64. The van der Waals surface area contributed by atoms with Crippen LogP contribution in [-0.4, -0.2) is 26.4 Å². The van der Waals surface area contributed by atoms with Crippen LogP contribution >= 0.6 is 11.8 Å². The Labute approximate surface area is 176 Å². The van der Waals surface area contributed by atoms with E-state index in [0.29, 0.717) is 12.3 Å². The van der Waals surface area contributed by atoms with Gasteiger partial charge in [-0.1, -0.05) is 87.1 Å². The fourth-order valence-electron chi connectivity index (χ4n) is 2.99. The van der Waals surface area contributed by atoms with Crippen molar-refractivity contribution in [3.63, 3.8) is 0 Å². The average Bonchev–Trinajstić information content (AvgIpc) is 3.14. The van der Waals surface area contributed by atoms with Gasteiger partial charge in [0.1, 0.15) is 0 Å². The number of hydrogen-bond donors (Lipinski definition) is 1. The lowest BCUT2D eigenvalue weighted by Gasteiger charge is -2.19. The van der Waals surface area contributed by atoms with Crippen molar-refractivity contribution in [2.75, 3.05) is 5.75 Å². The van der Waals surface area contributed by atoms with Crippen molar-refractivity contribution in [1.29, 1.82) is 0 Å². The van der Waals surface area contributed by atoms with Crippen molar-refractivity contribution in [3.05, 3.63) is 65.7 Å². The first kappa shape index (κ1) is 21.1. The summed E-state index contributed by atoms with van der Waals surface area (Å²) >= 11 is 1.42. The van der Waals surface area contributed by atoms with Crippen molar-refractivity contribution < 1.29 is 4.79 Å². The third kappa shape index (κ3) is 5.48. The van der Waals surface area contributed by atoms with E-state index in [1.54, 1.807) is 0 Å². The second-order valence-corrected chi connectivity index (χ2v) is 8.87. The number of benzene rings is 2. The monoisotopic (exact) mass is 408 g/mol. The maximum absolute atomic E-state index is 12.2. The summed E-state index contributed by atoms with van der Waals surface area (Å²) in [5.41, 5.74) is 3.52. The molecule has 152 valence electrons. The van der Waals surface area contributed by atoms with E-state index in [4.69, 9.17) is 0 Å². The fourth-order valence-corrected chi connectivity index (χ4v) is 3.82. The molecule has 0 saturated carbocycles. The quantitative estimate of drug-likeness (QED) is 0.577. The molecule has 0 unspecified atom stereocenters. The Morgan fingerprint density at radius 3 is 2.34 bits per heavy atom. The average molecular weight is 409 g/mol. The van der Waals surface area contributed by atoms with Crippen molar-refractivity contribution >= 4 is 17.7 Å². The summed E-state index contributed by atoms with van der Waals surface area (Å²) in [4.78, 5) is 12.2. The van der Waals surface area contributed by atoms with Gasteiger partial charge in [-0.2, -0.15) is 0 Å². The van der Waals surface area contributed by atoms with Crippen LogP contribution in [0.5, 0.6) is 0 Å². The molecule has 0 aliphatic rings. The Morgan fingerprint density at radius 1 is 1.03 bits per heavy atom. The Hall–Kier alpha value is -2.60. The van der Waals surface area contributed by atoms with E-state index in [1.807, 2.05) is 30.3 Å². The van der Waals surface area contributed by atoms with Gasteiger partial charge >= 0.3 is 0 Å². The molecule has 1 N–H and O–H groups in total. The zero-order valence-electron chi connectivity index (χ0n) is 17.5. The van der Waals surface area contributed by atoms with Gasteiger partial charge in [0, 0.05) is 18.7 Å². The second kappa shape index (κ2) is 9.27. The summed E-state index contributed by atoms with van der Waals surface area (Å²) in [5, 5.41) is 12.4. The molecule has 0 bridgehead atoms. The van der Waals surface area contributed by atoms with Crippen molar-refractivity contribution in [1.82, 2.24) is 20.1 Å². The van der Waals surface area contributed by atoms with Gasteiger partial charge in [-0.3, -0.25) is 4.79 Å². The number of carbonyl (C=O) groups excluding carboxylic acids is 1. The summed E-state index contributed by atoms with van der Waals surface area (Å²) in [7, 11) is 0. The molecule has 3 aromatic rings. The van der Waals surface area contributed by atoms with Gasteiger partial charge in [0.2, 0.25) is 5.91 Å². The Kier molecular flexibility index (Phi) is 6.75. The molecule has 0 aliphatic heterocycles. The summed E-state index contributed by atoms with van der Waals surface area (Å²) in [5.74, 6) is 1.13. The number of carbonyl (C=O) groups is 1. The number of nitrogens with zero attached hydrogens (tertiary/aromatic N) is 3. The first-order valence-corrected chi connectivity index (χ1v) is 10.8. The third-order valence-corrected chi connectivity index (χ3v) is 5.67. The topological polar surface area (TPSA) is 59.8 Å². The molecule has 1 aromatic heterocycles. The van der Waals surface area contributed by atoms with E-state index in [1.165, 1.54) is 17.3 Å². The standard InChI is InChI=1S/C23H28N4OS/c1-5-27-21(18-11-13-19(14-12-18)23(2,3)4)25-26-22(27)29-16-20(28)24-15-17-9-7-6-8-10-17/h6-14H,5,15-16H2,1-4H3,(H,24,28). The van der Waals surface area contributed by atoms with Gasteiger partial charge in [0.05, 0.1) is 5.75 Å². The van der Waals surface area contributed by atoms with Gasteiger partial charge < -0.3 is 9.88 Å². The Morgan fingerprint density at radius 2 is 1.72 bits per heavy atom. The van der Waals surface area contributed by atoms with Crippen LogP contribution in [0.4, 0.5) is 0 Å². The summed E-state index contributed by atoms with van der Waals surface area (Å²) < 4.78 is 2.06. The lowest BCUT2D eigenvalue weighted by molar-refractivity contribution is -0.118. The van der Waals surface area contributed by atoms with Crippen LogP contribution in [0.1, 0.15) is 38.8 Å². The maximum Gasteiger partial charge on any atom is 0.230 e.